The molecule has 0 spiro atoms. The third kappa shape index (κ3) is 3.66. The van der Waals surface area contributed by atoms with Gasteiger partial charge >= 0.3 is 0 Å². The maximum atomic E-state index is 6.44. The van der Waals surface area contributed by atoms with E-state index in [1.807, 2.05) is 0 Å². The average Bonchev–Trinajstić information content (AvgIpc) is 2.91. The molecule has 0 bridgehead atoms. The van der Waals surface area contributed by atoms with Crippen molar-refractivity contribution >= 4 is 6.08 Å². The number of hydrogen-bond acceptors (Lipinski definition) is 1. The van der Waals surface area contributed by atoms with Crippen LogP contribution in [0.4, 0.5) is 0 Å². The second-order valence-corrected chi connectivity index (χ2v) is 8.69. The molecule has 3 rings (SSSR count). The van der Waals surface area contributed by atoms with Gasteiger partial charge in [0.25, 0.3) is 0 Å². The number of fused-ring (bicyclic) bond motifs is 1. The molecule has 0 amide bonds. The summed E-state index contributed by atoms with van der Waals surface area (Å²) in [5.74, 6) is 1.57. The first-order chi connectivity index (χ1) is 11.8. The third-order valence-corrected chi connectivity index (χ3v) is 4.70. The Labute approximate surface area is 152 Å². The van der Waals surface area contributed by atoms with E-state index in [1.54, 1.807) is 0 Å². The predicted molar refractivity (Wildman–Crippen MR) is 108 cm³/mol. The standard InChI is InChI=1S/C24H30O/c1-16(2)15-25-23-21(24(4,5)6)14-19-12-17(3)13-20(19)22(23)18-10-8-7-9-11-18/h7-11,13-14,16H,12,15H2,1-6H3. The average molecular weight is 335 g/mol. The van der Waals surface area contributed by atoms with Crippen LogP contribution in [0, 0.1) is 5.92 Å². The molecule has 25 heavy (non-hydrogen) atoms. The zero-order valence-corrected chi connectivity index (χ0v) is 16.4. The topological polar surface area (TPSA) is 9.23 Å². The highest BCUT2D eigenvalue weighted by atomic mass is 16.5. The fourth-order valence-electron chi connectivity index (χ4n) is 3.49. The summed E-state index contributed by atoms with van der Waals surface area (Å²) < 4.78 is 6.44. The van der Waals surface area contributed by atoms with Crippen LogP contribution in [0.15, 0.2) is 42.0 Å². The van der Waals surface area contributed by atoms with Gasteiger partial charge in [0.05, 0.1) is 6.61 Å². The van der Waals surface area contributed by atoms with Crippen LogP contribution in [-0.4, -0.2) is 6.61 Å². The number of benzene rings is 2. The van der Waals surface area contributed by atoms with E-state index in [0.717, 1.165) is 18.8 Å². The molecule has 2 aromatic carbocycles. The van der Waals surface area contributed by atoms with Crippen LogP contribution >= 0.6 is 0 Å². The largest absolute Gasteiger partial charge is 0.492 e. The fourth-order valence-corrected chi connectivity index (χ4v) is 3.49. The van der Waals surface area contributed by atoms with Crippen LogP contribution in [0.2, 0.25) is 0 Å². The molecule has 0 atom stereocenters. The molecule has 1 nitrogen and oxygen atoms in total. The summed E-state index contributed by atoms with van der Waals surface area (Å²) in [6, 6.07) is 13.1. The first-order valence-corrected chi connectivity index (χ1v) is 9.33. The van der Waals surface area contributed by atoms with E-state index >= 15 is 0 Å². The van der Waals surface area contributed by atoms with Crippen LogP contribution in [0.3, 0.4) is 0 Å². The lowest BCUT2D eigenvalue weighted by atomic mass is 9.81. The normalized spacial score (nSPS) is 13.8. The van der Waals surface area contributed by atoms with Crippen molar-refractivity contribution in [2.75, 3.05) is 6.61 Å². The second-order valence-electron chi connectivity index (χ2n) is 8.69. The summed E-state index contributed by atoms with van der Waals surface area (Å²) in [5, 5.41) is 0. The van der Waals surface area contributed by atoms with Gasteiger partial charge in [-0.25, -0.2) is 0 Å². The highest BCUT2D eigenvalue weighted by Crippen LogP contribution is 2.46. The van der Waals surface area contributed by atoms with Gasteiger partial charge in [-0.3, -0.25) is 0 Å². The molecule has 1 aliphatic rings. The molecule has 0 heterocycles. The molecule has 0 aromatic heterocycles. The lowest BCUT2D eigenvalue weighted by molar-refractivity contribution is 0.266. The van der Waals surface area contributed by atoms with Gasteiger partial charge in [-0.2, -0.15) is 0 Å². The molecule has 0 saturated heterocycles. The molecule has 0 fully saturated rings. The Morgan fingerprint density at radius 1 is 1.08 bits per heavy atom. The molecule has 0 unspecified atom stereocenters. The third-order valence-electron chi connectivity index (χ3n) is 4.70. The fraction of sp³-hybridized carbons (Fsp3) is 0.417. The number of ether oxygens (including phenoxy) is 1. The molecule has 0 N–H and O–H groups in total. The van der Waals surface area contributed by atoms with E-state index in [2.05, 4.69) is 84.0 Å². The minimum Gasteiger partial charge on any atom is -0.492 e. The summed E-state index contributed by atoms with van der Waals surface area (Å²) in [4.78, 5) is 0. The van der Waals surface area contributed by atoms with Gasteiger partial charge in [0.2, 0.25) is 0 Å². The number of rotatable bonds is 4. The van der Waals surface area contributed by atoms with Crippen LogP contribution in [0.5, 0.6) is 5.75 Å². The first-order valence-electron chi connectivity index (χ1n) is 9.33. The van der Waals surface area contributed by atoms with Crippen molar-refractivity contribution in [1.82, 2.24) is 0 Å². The zero-order valence-electron chi connectivity index (χ0n) is 16.4. The van der Waals surface area contributed by atoms with Crippen molar-refractivity contribution in [1.29, 1.82) is 0 Å². The summed E-state index contributed by atoms with van der Waals surface area (Å²) in [5.41, 5.74) is 8.06. The molecule has 0 saturated carbocycles. The van der Waals surface area contributed by atoms with Gasteiger partial charge in [-0.1, -0.05) is 82.7 Å². The Balaban J connectivity index is 2.29. The van der Waals surface area contributed by atoms with Gasteiger partial charge in [-0.05, 0) is 41.4 Å². The Morgan fingerprint density at radius 3 is 2.36 bits per heavy atom. The van der Waals surface area contributed by atoms with Gasteiger partial charge in [0, 0.05) is 11.1 Å². The van der Waals surface area contributed by atoms with E-state index in [1.165, 1.54) is 33.4 Å². The molecule has 0 radical (unpaired) electrons. The van der Waals surface area contributed by atoms with Gasteiger partial charge in [0.15, 0.2) is 0 Å². The Bertz CT molecular complexity index is 789. The molecular weight excluding hydrogens is 304 g/mol. The highest BCUT2D eigenvalue weighted by molar-refractivity contribution is 5.86. The summed E-state index contributed by atoms with van der Waals surface area (Å²) in [6.07, 6.45) is 3.38. The van der Waals surface area contributed by atoms with Crippen LogP contribution in [-0.2, 0) is 11.8 Å². The van der Waals surface area contributed by atoms with Crippen molar-refractivity contribution in [3.8, 4) is 16.9 Å². The van der Waals surface area contributed by atoms with E-state index < -0.39 is 0 Å². The predicted octanol–water partition coefficient (Wildman–Crippen LogP) is 6.65. The van der Waals surface area contributed by atoms with E-state index in [9.17, 15) is 0 Å². The first kappa shape index (κ1) is 17.8. The molecule has 1 heteroatoms. The lowest BCUT2D eigenvalue weighted by Crippen LogP contribution is -2.17. The molecule has 0 aliphatic heterocycles. The Kier molecular flexibility index (Phi) is 4.77. The van der Waals surface area contributed by atoms with Crippen molar-refractivity contribution < 1.29 is 4.74 Å². The molecular formula is C24H30O. The van der Waals surface area contributed by atoms with Crippen LogP contribution in [0.1, 0.15) is 58.2 Å². The van der Waals surface area contributed by atoms with E-state index in [-0.39, 0.29) is 5.41 Å². The monoisotopic (exact) mass is 334 g/mol. The van der Waals surface area contributed by atoms with Crippen molar-refractivity contribution in [2.24, 2.45) is 5.92 Å². The second kappa shape index (κ2) is 6.71. The van der Waals surface area contributed by atoms with Crippen molar-refractivity contribution in [3.63, 3.8) is 0 Å². The quantitative estimate of drug-likeness (QED) is 0.608. The van der Waals surface area contributed by atoms with E-state index in [4.69, 9.17) is 4.74 Å². The zero-order chi connectivity index (χ0) is 18.2. The van der Waals surface area contributed by atoms with E-state index in [0.29, 0.717) is 5.92 Å². The van der Waals surface area contributed by atoms with Crippen molar-refractivity contribution in [2.45, 2.75) is 53.4 Å². The molecule has 2 aromatic rings. The minimum atomic E-state index is 0.0430. The maximum absolute atomic E-state index is 6.44. The summed E-state index contributed by atoms with van der Waals surface area (Å²) in [6.45, 7) is 14.2. The number of hydrogen-bond donors (Lipinski definition) is 0. The van der Waals surface area contributed by atoms with Crippen LogP contribution in [0.25, 0.3) is 17.2 Å². The SMILES string of the molecule is CC1=Cc2c(cc(C(C)(C)C)c(OCC(C)C)c2-c2ccccc2)C1. The Morgan fingerprint density at radius 2 is 1.76 bits per heavy atom. The van der Waals surface area contributed by atoms with Crippen LogP contribution < -0.4 is 4.74 Å². The highest BCUT2D eigenvalue weighted by Gasteiger charge is 2.28. The van der Waals surface area contributed by atoms with Crippen molar-refractivity contribution in [3.05, 3.63) is 58.7 Å². The maximum Gasteiger partial charge on any atom is 0.131 e. The Hall–Kier alpha value is -2.02. The van der Waals surface area contributed by atoms with Gasteiger partial charge < -0.3 is 4.74 Å². The molecule has 1 aliphatic carbocycles. The lowest BCUT2D eigenvalue weighted by Gasteiger charge is -2.27. The van der Waals surface area contributed by atoms with Gasteiger partial charge in [-0.15, -0.1) is 0 Å². The summed E-state index contributed by atoms with van der Waals surface area (Å²) >= 11 is 0. The molecule has 132 valence electrons. The van der Waals surface area contributed by atoms with Gasteiger partial charge in [0.1, 0.15) is 5.75 Å². The smallest absolute Gasteiger partial charge is 0.131 e. The number of allylic oxidation sites excluding steroid dienone is 1. The summed E-state index contributed by atoms with van der Waals surface area (Å²) in [7, 11) is 0. The minimum absolute atomic E-state index is 0.0430.